The summed E-state index contributed by atoms with van der Waals surface area (Å²) in [6, 6.07) is 12.7. The van der Waals surface area contributed by atoms with Crippen molar-refractivity contribution >= 4 is 11.6 Å². The molecule has 0 saturated heterocycles. The lowest BCUT2D eigenvalue weighted by atomic mass is 10.1. The van der Waals surface area contributed by atoms with E-state index in [2.05, 4.69) is 17.1 Å². The Labute approximate surface area is 167 Å². The molecule has 1 atom stereocenters. The summed E-state index contributed by atoms with van der Waals surface area (Å²) in [7, 11) is 5.14. The quantitative estimate of drug-likeness (QED) is 0.655. The number of aliphatic hydroxyl groups excluding tert-OH is 1. The van der Waals surface area contributed by atoms with Gasteiger partial charge >= 0.3 is 0 Å². The van der Waals surface area contributed by atoms with E-state index in [0.717, 1.165) is 25.1 Å². The first-order valence-corrected chi connectivity index (χ1v) is 9.49. The molecule has 2 rings (SSSR count). The Morgan fingerprint density at radius 3 is 2.46 bits per heavy atom. The Morgan fingerprint density at radius 1 is 1.14 bits per heavy atom. The molecular weight excluding hydrogens is 356 g/mol. The van der Waals surface area contributed by atoms with Crippen LogP contribution in [-0.4, -0.2) is 45.4 Å². The highest BCUT2D eigenvalue weighted by Gasteiger charge is 2.16. The van der Waals surface area contributed by atoms with Crippen molar-refractivity contribution in [2.45, 2.75) is 25.9 Å². The summed E-state index contributed by atoms with van der Waals surface area (Å²) in [6.45, 7) is 3.22. The number of hydrogen-bond donors (Lipinski definition) is 2. The van der Waals surface area contributed by atoms with Crippen molar-refractivity contribution in [2.24, 2.45) is 0 Å². The maximum atomic E-state index is 12.4. The van der Waals surface area contributed by atoms with E-state index in [-0.39, 0.29) is 12.5 Å². The predicted molar refractivity (Wildman–Crippen MR) is 111 cm³/mol. The average molecular weight is 386 g/mol. The second kappa shape index (κ2) is 10.6. The van der Waals surface area contributed by atoms with Crippen LogP contribution in [0, 0.1) is 0 Å². The summed E-state index contributed by atoms with van der Waals surface area (Å²) in [4.78, 5) is 14.6. The number of methoxy groups -OCH3 is 2. The average Bonchev–Trinajstić information content (AvgIpc) is 2.75. The number of aliphatic hydroxyl groups is 1. The van der Waals surface area contributed by atoms with Gasteiger partial charge in [-0.2, -0.15) is 0 Å². The van der Waals surface area contributed by atoms with Gasteiger partial charge in [0.15, 0.2) is 0 Å². The molecule has 1 unspecified atom stereocenters. The van der Waals surface area contributed by atoms with Crippen LogP contribution in [0.1, 0.15) is 41.8 Å². The number of anilines is 1. The zero-order chi connectivity index (χ0) is 20.5. The summed E-state index contributed by atoms with van der Waals surface area (Å²) in [5, 5.41) is 13.3. The molecule has 0 heterocycles. The minimum Gasteiger partial charge on any atom is -0.497 e. The minimum atomic E-state index is -0.909. The van der Waals surface area contributed by atoms with Crippen LogP contribution in [0.25, 0.3) is 0 Å². The Balaban J connectivity index is 1.98. The third-order valence-electron chi connectivity index (χ3n) is 4.67. The van der Waals surface area contributed by atoms with Gasteiger partial charge in [-0.05, 0) is 48.9 Å². The van der Waals surface area contributed by atoms with E-state index in [1.807, 2.05) is 19.2 Å². The Kier molecular flexibility index (Phi) is 8.14. The fourth-order valence-electron chi connectivity index (χ4n) is 2.89. The topological polar surface area (TPSA) is 71.0 Å². The number of nitrogens with zero attached hydrogens (tertiary/aromatic N) is 1. The molecule has 0 bridgehead atoms. The first-order chi connectivity index (χ1) is 13.5. The third kappa shape index (κ3) is 5.63. The van der Waals surface area contributed by atoms with Gasteiger partial charge in [0.25, 0.3) is 5.91 Å². The normalized spacial score (nSPS) is 11.6. The van der Waals surface area contributed by atoms with Crippen LogP contribution >= 0.6 is 0 Å². The maximum absolute atomic E-state index is 12.4. The molecule has 152 valence electrons. The molecule has 0 fully saturated rings. The molecule has 2 N–H and O–H groups in total. The van der Waals surface area contributed by atoms with Gasteiger partial charge in [-0.15, -0.1) is 0 Å². The van der Waals surface area contributed by atoms with Gasteiger partial charge in [-0.3, -0.25) is 4.79 Å². The fraction of sp³-hybridized carbons (Fsp3) is 0.409. The van der Waals surface area contributed by atoms with Crippen LogP contribution in [0.3, 0.4) is 0 Å². The highest BCUT2D eigenvalue weighted by Crippen LogP contribution is 2.29. The van der Waals surface area contributed by atoms with Gasteiger partial charge in [0, 0.05) is 37.0 Å². The molecule has 0 radical (unpaired) electrons. The number of ether oxygens (including phenoxy) is 2. The molecule has 0 aromatic heterocycles. The van der Waals surface area contributed by atoms with Crippen molar-refractivity contribution < 1.29 is 19.4 Å². The number of unbranched alkanes of at least 4 members (excludes halogenated alkanes) is 1. The smallest absolute Gasteiger partial charge is 0.251 e. The predicted octanol–water partition coefficient (Wildman–Crippen LogP) is 3.40. The van der Waals surface area contributed by atoms with Crippen molar-refractivity contribution in [3.8, 4) is 11.5 Å². The number of carbonyl (C=O) groups excluding carboxylic acids is 1. The van der Waals surface area contributed by atoms with Crippen molar-refractivity contribution in [3.05, 3.63) is 53.6 Å². The number of carbonyl (C=O) groups is 1. The molecule has 2 aromatic rings. The number of amides is 1. The van der Waals surface area contributed by atoms with E-state index in [1.165, 1.54) is 7.11 Å². The molecule has 0 saturated carbocycles. The van der Waals surface area contributed by atoms with Crippen molar-refractivity contribution in [1.29, 1.82) is 0 Å². The van der Waals surface area contributed by atoms with E-state index < -0.39 is 6.10 Å². The van der Waals surface area contributed by atoms with Crippen LogP contribution in [-0.2, 0) is 0 Å². The van der Waals surface area contributed by atoms with Crippen LogP contribution in [0.5, 0.6) is 11.5 Å². The Bertz CT molecular complexity index is 762. The van der Waals surface area contributed by atoms with Crippen LogP contribution < -0.4 is 19.7 Å². The lowest BCUT2D eigenvalue weighted by molar-refractivity contribution is 0.0914. The fourth-order valence-corrected chi connectivity index (χ4v) is 2.89. The van der Waals surface area contributed by atoms with Gasteiger partial charge < -0.3 is 24.8 Å². The van der Waals surface area contributed by atoms with Gasteiger partial charge in [0.2, 0.25) is 0 Å². The molecule has 0 aliphatic heterocycles. The van der Waals surface area contributed by atoms with Crippen molar-refractivity contribution in [1.82, 2.24) is 5.32 Å². The van der Waals surface area contributed by atoms with E-state index in [4.69, 9.17) is 9.47 Å². The number of nitrogens with one attached hydrogen (secondary N) is 1. The lowest BCUT2D eigenvalue weighted by Gasteiger charge is -2.19. The largest absolute Gasteiger partial charge is 0.497 e. The molecule has 1 amide bonds. The third-order valence-corrected chi connectivity index (χ3v) is 4.67. The van der Waals surface area contributed by atoms with Crippen molar-refractivity contribution in [2.75, 3.05) is 39.3 Å². The summed E-state index contributed by atoms with van der Waals surface area (Å²) < 4.78 is 10.5. The van der Waals surface area contributed by atoms with Gasteiger partial charge in [-0.25, -0.2) is 0 Å². The maximum Gasteiger partial charge on any atom is 0.251 e. The first kappa shape index (κ1) is 21.6. The second-order valence-corrected chi connectivity index (χ2v) is 6.66. The summed E-state index contributed by atoms with van der Waals surface area (Å²) in [5.41, 5.74) is 2.19. The molecule has 6 heteroatoms. The Hall–Kier alpha value is -2.73. The zero-order valence-corrected chi connectivity index (χ0v) is 17.1. The second-order valence-electron chi connectivity index (χ2n) is 6.66. The van der Waals surface area contributed by atoms with Gasteiger partial charge in [0.05, 0.1) is 14.2 Å². The van der Waals surface area contributed by atoms with Gasteiger partial charge in [0.1, 0.15) is 17.6 Å². The number of hydrogen-bond acceptors (Lipinski definition) is 5. The molecule has 0 aliphatic rings. The highest BCUT2D eigenvalue weighted by molar-refractivity contribution is 5.94. The van der Waals surface area contributed by atoms with Crippen LogP contribution in [0.4, 0.5) is 5.69 Å². The standard InChI is InChI=1S/C22H30N2O4/c1-5-6-13-24(2)17-9-7-16(8-10-17)22(26)23-15-20(25)19-14-18(27-3)11-12-21(19)28-4/h7-12,14,20,25H,5-6,13,15H2,1-4H3,(H,23,26). The van der Waals surface area contributed by atoms with Crippen LogP contribution in [0.15, 0.2) is 42.5 Å². The number of benzene rings is 2. The summed E-state index contributed by atoms with van der Waals surface area (Å²) >= 11 is 0. The van der Waals surface area contributed by atoms with Gasteiger partial charge in [-0.1, -0.05) is 13.3 Å². The molecule has 6 nitrogen and oxygen atoms in total. The SMILES string of the molecule is CCCCN(C)c1ccc(C(=O)NCC(O)c2cc(OC)ccc2OC)cc1. The van der Waals surface area contributed by atoms with E-state index >= 15 is 0 Å². The van der Waals surface area contributed by atoms with Crippen LogP contribution in [0.2, 0.25) is 0 Å². The molecule has 0 aliphatic carbocycles. The van der Waals surface area contributed by atoms with E-state index in [0.29, 0.717) is 22.6 Å². The highest BCUT2D eigenvalue weighted by atomic mass is 16.5. The van der Waals surface area contributed by atoms with E-state index in [9.17, 15) is 9.90 Å². The zero-order valence-electron chi connectivity index (χ0n) is 17.1. The molecule has 28 heavy (non-hydrogen) atoms. The lowest BCUT2D eigenvalue weighted by Crippen LogP contribution is -2.28. The van der Waals surface area contributed by atoms with Crippen molar-refractivity contribution in [3.63, 3.8) is 0 Å². The Morgan fingerprint density at radius 2 is 1.86 bits per heavy atom. The minimum absolute atomic E-state index is 0.0700. The molecule has 0 spiro atoms. The number of rotatable bonds is 10. The summed E-state index contributed by atoms with van der Waals surface area (Å²) in [5.74, 6) is 0.926. The monoisotopic (exact) mass is 386 g/mol. The molecular formula is C22H30N2O4. The molecule has 2 aromatic carbocycles. The first-order valence-electron chi connectivity index (χ1n) is 9.49. The van der Waals surface area contributed by atoms with E-state index in [1.54, 1.807) is 37.4 Å². The summed E-state index contributed by atoms with van der Waals surface area (Å²) in [6.07, 6.45) is 1.36.